The third-order valence-corrected chi connectivity index (χ3v) is 6.60. The smallest absolute Gasteiger partial charge is 0.142 e. The van der Waals surface area contributed by atoms with Crippen molar-refractivity contribution in [3.63, 3.8) is 0 Å². The van der Waals surface area contributed by atoms with Crippen LogP contribution in [-0.4, -0.2) is 0 Å². The molecule has 2 saturated carbocycles. The van der Waals surface area contributed by atoms with Gasteiger partial charge in [-0.2, -0.15) is 0 Å². The van der Waals surface area contributed by atoms with Crippen molar-refractivity contribution < 1.29 is 8.78 Å². The summed E-state index contributed by atoms with van der Waals surface area (Å²) in [5.74, 6) is 2.12. The lowest BCUT2D eigenvalue weighted by atomic mass is 9.64. The molecule has 0 nitrogen and oxygen atoms in total. The van der Waals surface area contributed by atoms with E-state index in [0.717, 1.165) is 36.2 Å². The third-order valence-electron chi connectivity index (χ3n) is 6.31. The van der Waals surface area contributed by atoms with Gasteiger partial charge in [-0.3, -0.25) is 0 Å². The first-order valence-electron chi connectivity index (χ1n) is 9.09. The summed E-state index contributed by atoms with van der Waals surface area (Å²) in [6, 6.07) is 6.37. The van der Waals surface area contributed by atoms with Crippen LogP contribution in [0.1, 0.15) is 56.9 Å². The molecule has 0 saturated heterocycles. The molecular weight excluding hydrogens is 326 g/mol. The topological polar surface area (TPSA) is 0 Å². The van der Waals surface area contributed by atoms with E-state index in [9.17, 15) is 8.78 Å². The number of fused-ring (bicyclic) bond motifs is 2. The summed E-state index contributed by atoms with van der Waals surface area (Å²) in [4.78, 5) is 0. The van der Waals surface area contributed by atoms with Gasteiger partial charge in [0.1, 0.15) is 11.6 Å². The largest absolute Gasteiger partial charge is 0.206 e. The van der Waals surface area contributed by atoms with Crippen molar-refractivity contribution in [3.8, 4) is 0 Å². The molecule has 0 radical (unpaired) electrons. The molecule has 0 heterocycles. The Morgan fingerprint density at radius 3 is 2.46 bits per heavy atom. The molecule has 0 N–H and O–H groups in total. The average molecular weight is 349 g/mol. The zero-order valence-electron chi connectivity index (χ0n) is 14.0. The van der Waals surface area contributed by atoms with E-state index in [-0.39, 0.29) is 10.8 Å². The van der Waals surface area contributed by atoms with Crippen molar-refractivity contribution in [3.05, 3.63) is 46.5 Å². The lowest BCUT2D eigenvalue weighted by Crippen LogP contribution is -2.29. The van der Waals surface area contributed by atoms with Gasteiger partial charge < -0.3 is 0 Å². The molecule has 4 rings (SSSR count). The van der Waals surface area contributed by atoms with Gasteiger partial charge in [0.2, 0.25) is 0 Å². The maximum absolute atomic E-state index is 14.5. The van der Waals surface area contributed by atoms with Gasteiger partial charge in [-0.05, 0) is 84.9 Å². The van der Waals surface area contributed by atoms with Crippen LogP contribution in [0.4, 0.5) is 8.78 Å². The standard InChI is InChI=1S/C21H23ClF2/c1-12-2-3-14-7-15(5-4-13(14)6-12)16-8-17-10-21(24)19(22)11-18(17)20(23)9-16/h8-15H,2-7H2,1H3/t12-,13?,14-,15?/m1/s1. The van der Waals surface area contributed by atoms with E-state index in [2.05, 4.69) is 6.92 Å². The lowest BCUT2D eigenvalue weighted by molar-refractivity contribution is 0.124. The second kappa shape index (κ2) is 6.29. The molecule has 3 heteroatoms. The molecule has 2 aromatic carbocycles. The van der Waals surface area contributed by atoms with Crippen LogP contribution in [0.15, 0.2) is 24.3 Å². The van der Waals surface area contributed by atoms with Crippen molar-refractivity contribution >= 4 is 22.4 Å². The predicted molar refractivity (Wildman–Crippen MR) is 95.5 cm³/mol. The monoisotopic (exact) mass is 348 g/mol. The van der Waals surface area contributed by atoms with Crippen molar-refractivity contribution in [1.29, 1.82) is 0 Å². The molecule has 2 fully saturated rings. The molecular formula is C21H23ClF2. The highest BCUT2D eigenvalue weighted by Crippen LogP contribution is 2.47. The summed E-state index contributed by atoms with van der Waals surface area (Å²) in [6.07, 6.45) is 7.50. The molecule has 0 aromatic heterocycles. The molecule has 2 aliphatic carbocycles. The number of rotatable bonds is 1. The van der Waals surface area contributed by atoms with Crippen LogP contribution in [0.3, 0.4) is 0 Å². The van der Waals surface area contributed by atoms with Gasteiger partial charge in [0.15, 0.2) is 0 Å². The first-order valence-corrected chi connectivity index (χ1v) is 9.47. The maximum atomic E-state index is 14.5. The van der Waals surface area contributed by atoms with Gasteiger partial charge in [-0.25, -0.2) is 8.78 Å². The Labute approximate surface area is 147 Å². The van der Waals surface area contributed by atoms with Crippen LogP contribution in [0.25, 0.3) is 10.8 Å². The molecule has 0 bridgehead atoms. The first-order chi connectivity index (χ1) is 11.5. The second-order valence-corrected chi connectivity index (χ2v) is 8.35. The van der Waals surface area contributed by atoms with Gasteiger partial charge in [0.05, 0.1) is 5.02 Å². The molecule has 0 spiro atoms. The van der Waals surface area contributed by atoms with Crippen LogP contribution in [0.5, 0.6) is 0 Å². The zero-order valence-corrected chi connectivity index (χ0v) is 14.8. The molecule has 2 aromatic rings. The van der Waals surface area contributed by atoms with Crippen LogP contribution >= 0.6 is 11.6 Å². The molecule has 0 aliphatic heterocycles. The molecule has 0 amide bonds. The zero-order chi connectivity index (χ0) is 16.8. The minimum atomic E-state index is -0.481. The van der Waals surface area contributed by atoms with Crippen LogP contribution in [0, 0.1) is 29.4 Å². The fourth-order valence-corrected chi connectivity index (χ4v) is 5.16. The number of benzene rings is 2. The lowest BCUT2D eigenvalue weighted by Gasteiger charge is -2.41. The Morgan fingerprint density at radius 1 is 0.875 bits per heavy atom. The Balaban J connectivity index is 1.64. The summed E-state index contributed by atoms with van der Waals surface area (Å²) < 4.78 is 28.3. The average Bonchev–Trinajstić information content (AvgIpc) is 2.56. The second-order valence-electron chi connectivity index (χ2n) is 7.94. The summed E-state index contributed by atoms with van der Waals surface area (Å²) >= 11 is 5.79. The number of hydrogen-bond acceptors (Lipinski definition) is 0. The third kappa shape index (κ3) is 2.94. The van der Waals surface area contributed by atoms with E-state index in [0.29, 0.717) is 16.7 Å². The molecule has 128 valence electrons. The Kier molecular flexibility index (Phi) is 4.28. The molecule has 24 heavy (non-hydrogen) atoms. The van der Waals surface area contributed by atoms with Crippen molar-refractivity contribution in [1.82, 2.24) is 0 Å². The quantitative estimate of drug-likeness (QED) is 0.516. The fraction of sp³-hybridized carbons (Fsp3) is 0.524. The molecule has 2 aliphatic rings. The summed E-state index contributed by atoms with van der Waals surface area (Å²) in [5.41, 5.74) is 1.03. The van der Waals surface area contributed by atoms with E-state index < -0.39 is 5.82 Å². The van der Waals surface area contributed by atoms with E-state index in [1.54, 1.807) is 6.07 Å². The van der Waals surface area contributed by atoms with Crippen LogP contribution in [0.2, 0.25) is 5.02 Å². The number of halogens is 3. The maximum Gasteiger partial charge on any atom is 0.142 e. The fourth-order valence-electron chi connectivity index (χ4n) is 5.00. The highest BCUT2D eigenvalue weighted by atomic mass is 35.5. The van der Waals surface area contributed by atoms with Gasteiger partial charge in [-0.1, -0.05) is 31.0 Å². The van der Waals surface area contributed by atoms with E-state index >= 15 is 0 Å². The Bertz CT molecular complexity index is 770. The van der Waals surface area contributed by atoms with Crippen molar-refractivity contribution in [2.75, 3.05) is 0 Å². The van der Waals surface area contributed by atoms with E-state index in [1.165, 1.54) is 37.8 Å². The van der Waals surface area contributed by atoms with Gasteiger partial charge in [0.25, 0.3) is 0 Å². The summed E-state index contributed by atoms with van der Waals surface area (Å²) in [6.45, 7) is 2.36. The minimum Gasteiger partial charge on any atom is -0.206 e. The Hall–Kier alpha value is -1.15. The normalized spacial score (nSPS) is 30.3. The Morgan fingerprint density at radius 2 is 1.62 bits per heavy atom. The predicted octanol–water partition coefficient (Wildman–Crippen LogP) is 7.09. The first kappa shape index (κ1) is 16.3. The highest BCUT2D eigenvalue weighted by Gasteiger charge is 2.35. The summed E-state index contributed by atoms with van der Waals surface area (Å²) in [5, 5.41) is 1.00. The van der Waals surface area contributed by atoms with E-state index in [4.69, 9.17) is 11.6 Å². The summed E-state index contributed by atoms with van der Waals surface area (Å²) in [7, 11) is 0. The SMILES string of the molecule is C[C@@H]1CC[C@@H]2CC(c3cc(F)c4cc(Cl)c(F)cc4c3)CCC2C1. The van der Waals surface area contributed by atoms with Gasteiger partial charge in [0, 0.05) is 5.39 Å². The number of hydrogen-bond donors (Lipinski definition) is 0. The van der Waals surface area contributed by atoms with Crippen molar-refractivity contribution in [2.24, 2.45) is 17.8 Å². The van der Waals surface area contributed by atoms with E-state index in [1.807, 2.05) is 6.07 Å². The van der Waals surface area contributed by atoms with Crippen LogP contribution in [-0.2, 0) is 0 Å². The minimum absolute atomic E-state index is 0.0222. The van der Waals surface area contributed by atoms with Crippen molar-refractivity contribution in [2.45, 2.75) is 51.4 Å². The van der Waals surface area contributed by atoms with Crippen LogP contribution < -0.4 is 0 Å². The van der Waals surface area contributed by atoms with Gasteiger partial charge in [-0.15, -0.1) is 0 Å². The molecule has 4 atom stereocenters. The highest BCUT2D eigenvalue weighted by molar-refractivity contribution is 6.31. The van der Waals surface area contributed by atoms with Gasteiger partial charge >= 0.3 is 0 Å². The molecule has 2 unspecified atom stereocenters.